The van der Waals surface area contributed by atoms with Crippen LogP contribution in [0, 0.1) is 12.7 Å². The number of ether oxygens (including phenoxy) is 1. The number of nitrogens with one attached hydrogen (secondary N) is 1. The van der Waals surface area contributed by atoms with Crippen LogP contribution in [0.5, 0.6) is 5.75 Å². The number of halogens is 4. The zero-order chi connectivity index (χ0) is 25.4. The molecule has 1 aliphatic heterocycles. The van der Waals surface area contributed by atoms with Crippen molar-refractivity contribution >= 4 is 23.3 Å². The normalized spacial score (nSPS) is 19.0. The molecule has 0 saturated carbocycles. The van der Waals surface area contributed by atoms with Gasteiger partial charge in [0.1, 0.15) is 28.9 Å². The second kappa shape index (κ2) is 9.42. The average molecular weight is 510 g/mol. The molecule has 1 unspecified atom stereocenters. The lowest BCUT2D eigenvalue weighted by molar-refractivity contribution is -0.149. The number of likely N-dealkylation sites (tertiary alicyclic amines) is 1. The number of rotatable bonds is 5. The van der Waals surface area contributed by atoms with E-state index in [0.717, 1.165) is 6.07 Å². The van der Waals surface area contributed by atoms with Gasteiger partial charge in [0.25, 0.3) is 0 Å². The largest absolute Gasteiger partial charge is 0.495 e. The Hall–Kier alpha value is -3.25. The van der Waals surface area contributed by atoms with Crippen LogP contribution in [-0.2, 0) is 5.41 Å². The summed E-state index contributed by atoms with van der Waals surface area (Å²) in [7, 11) is 1.34. The predicted molar refractivity (Wildman–Crippen MR) is 123 cm³/mol. The molecule has 35 heavy (non-hydrogen) atoms. The summed E-state index contributed by atoms with van der Waals surface area (Å²) in [4.78, 5) is 19.0. The van der Waals surface area contributed by atoms with Gasteiger partial charge in [0, 0.05) is 13.1 Å². The van der Waals surface area contributed by atoms with Crippen molar-refractivity contribution in [3.8, 4) is 5.75 Å². The average Bonchev–Trinajstić information content (AvgIpc) is 3.51. The summed E-state index contributed by atoms with van der Waals surface area (Å²) in [6.07, 6.45) is -2.76. The first kappa shape index (κ1) is 24.9. The van der Waals surface area contributed by atoms with E-state index in [0.29, 0.717) is 29.1 Å². The summed E-state index contributed by atoms with van der Waals surface area (Å²) >= 11 is 1.17. The van der Waals surface area contributed by atoms with Gasteiger partial charge in [-0.15, -0.1) is 0 Å². The van der Waals surface area contributed by atoms with Crippen LogP contribution in [0.4, 0.5) is 28.0 Å². The number of hydrogen-bond donors (Lipinski definition) is 2. The summed E-state index contributed by atoms with van der Waals surface area (Å²) in [5, 5.41) is 3.28. The van der Waals surface area contributed by atoms with Gasteiger partial charge in [0.2, 0.25) is 0 Å². The number of anilines is 1. The molecule has 3 aromatic rings. The highest BCUT2D eigenvalue weighted by molar-refractivity contribution is 7.05. The highest BCUT2D eigenvalue weighted by Gasteiger charge is 2.45. The zero-order valence-corrected chi connectivity index (χ0v) is 19.7. The molecule has 0 spiro atoms. The van der Waals surface area contributed by atoms with Crippen molar-refractivity contribution in [1.29, 1.82) is 0 Å². The molecule has 2 heterocycles. The Bertz CT molecular complexity index is 1220. The second-order valence-electron chi connectivity index (χ2n) is 8.37. The van der Waals surface area contributed by atoms with E-state index in [9.17, 15) is 22.4 Å². The van der Waals surface area contributed by atoms with E-state index in [-0.39, 0.29) is 29.4 Å². The molecule has 1 saturated heterocycles. The summed E-state index contributed by atoms with van der Waals surface area (Å²) in [5.41, 5.74) is 5.58. The molecule has 0 aliphatic carbocycles. The van der Waals surface area contributed by atoms with Crippen LogP contribution in [0.25, 0.3) is 0 Å². The Morgan fingerprint density at radius 2 is 2.06 bits per heavy atom. The van der Waals surface area contributed by atoms with E-state index in [1.165, 1.54) is 48.1 Å². The first-order chi connectivity index (χ1) is 16.5. The van der Waals surface area contributed by atoms with Crippen LogP contribution in [0.1, 0.15) is 34.2 Å². The van der Waals surface area contributed by atoms with E-state index >= 15 is 0 Å². The molecule has 4 rings (SSSR count). The fourth-order valence-corrected chi connectivity index (χ4v) is 4.94. The van der Waals surface area contributed by atoms with Gasteiger partial charge in [-0.25, -0.2) is 14.2 Å². The predicted octanol–water partition coefficient (Wildman–Crippen LogP) is 4.78. The number of carbonyl (C=O) groups is 1. The van der Waals surface area contributed by atoms with Crippen LogP contribution in [0.3, 0.4) is 0 Å². The molecule has 1 aromatic heterocycles. The van der Waals surface area contributed by atoms with Crippen molar-refractivity contribution in [2.75, 3.05) is 25.5 Å². The summed E-state index contributed by atoms with van der Waals surface area (Å²) in [5.74, 6) is -0.177. The fourth-order valence-electron chi connectivity index (χ4n) is 4.19. The monoisotopic (exact) mass is 509 g/mol. The third-order valence-corrected chi connectivity index (χ3v) is 7.10. The van der Waals surface area contributed by atoms with Gasteiger partial charge in [-0.1, -0.05) is 18.2 Å². The van der Waals surface area contributed by atoms with E-state index in [4.69, 9.17) is 10.5 Å². The van der Waals surface area contributed by atoms with Crippen molar-refractivity contribution in [2.24, 2.45) is 5.73 Å². The van der Waals surface area contributed by atoms with Gasteiger partial charge in [-0.3, -0.25) is 0 Å². The summed E-state index contributed by atoms with van der Waals surface area (Å²) in [6, 6.07) is 5.86. The highest BCUT2D eigenvalue weighted by atomic mass is 32.1. The Morgan fingerprint density at radius 1 is 1.29 bits per heavy atom. The van der Waals surface area contributed by atoms with Gasteiger partial charge < -0.3 is 20.7 Å². The van der Waals surface area contributed by atoms with Crippen molar-refractivity contribution < 1.29 is 27.1 Å². The molecule has 0 bridgehead atoms. The lowest BCUT2D eigenvalue weighted by atomic mass is 9.80. The number of nitrogens with two attached hydrogens (primary N) is 1. The Balaban J connectivity index is 1.61. The number of urea groups is 1. The van der Waals surface area contributed by atoms with Crippen LogP contribution < -0.4 is 15.8 Å². The summed E-state index contributed by atoms with van der Waals surface area (Å²) in [6.45, 7) is 2.16. The Kier molecular flexibility index (Phi) is 6.69. The number of hydrogen-bond acceptors (Lipinski definition) is 6. The van der Waals surface area contributed by atoms with Crippen molar-refractivity contribution in [3.63, 3.8) is 0 Å². The van der Waals surface area contributed by atoms with E-state index in [2.05, 4.69) is 14.7 Å². The number of alkyl halides is 3. The van der Waals surface area contributed by atoms with E-state index in [1.807, 2.05) is 6.07 Å². The molecule has 1 fully saturated rings. The maximum absolute atomic E-state index is 14.4. The second-order valence-corrected chi connectivity index (χ2v) is 9.15. The molecule has 1 aliphatic rings. The summed E-state index contributed by atoms with van der Waals surface area (Å²) < 4.78 is 63.0. The molecule has 3 N–H and O–H groups in total. The molecule has 7 nitrogen and oxygen atoms in total. The maximum atomic E-state index is 14.4. The van der Waals surface area contributed by atoms with Crippen LogP contribution in [0.15, 0.2) is 42.7 Å². The molecule has 0 radical (unpaired) electrons. The minimum absolute atomic E-state index is 0.0597. The van der Waals surface area contributed by atoms with Crippen LogP contribution in [-0.4, -0.2) is 46.7 Å². The fraction of sp³-hybridized carbons (Fsp3) is 0.348. The quantitative estimate of drug-likeness (QED) is 0.483. The maximum Gasteiger partial charge on any atom is 0.407 e. The van der Waals surface area contributed by atoms with Crippen LogP contribution in [0.2, 0.25) is 0 Å². The van der Waals surface area contributed by atoms with Gasteiger partial charge in [-0.05, 0) is 59.8 Å². The van der Waals surface area contributed by atoms with E-state index < -0.39 is 23.7 Å². The number of aromatic nitrogens is 2. The lowest BCUT2D eigenvalue weighted by Crippen LogP contribution is -2.37. The zero-order valence-electron chi connectivity index (χ0n) is 18.9. The number of methoxy groups -OCH3 is 1. The number of amides is 2. The minimum atomic E-state index is -4.64. The SMILES string of the molecule is COc1ccc(C(N)C(F)(F)F)cc1NC(=O)N1CC[C@](c2ccc(C)c(F)c2)(c2ncns2)C1. The lowest BCUT2D eigenvalue weighted by Gasteiger charge is -2.28. The van der Waals surface area contributed by atoms with Gasteiger partial charge >= 0.3 is 12.2 Å². The molecular weight excluding hydrogens is 486 g/mol. The molecule has 2 amide bonds. The molecular formula is C23H23F4N5O2S. The van der Waals surface area contributed by atoms with Gasteiger partial charge in [-0.2, -0.15) is 17.5 Å². The van der Waals surface area contributed by atoms with Crippen molar-refractivity contribution in [3.05, 3.63) is 70.2 Å². The van der Waals surface area contributed by atoms with Crippen molar-refractivity contribution in [2.45, 2.75) is 31.0 Å². The third-order valence-electron chi connectivity index (χ3n) is 6.23. The number of carbonyl (C=O) groups excluding carboxylic acids is 1. The first-order valence-electron chi connectivity index (χ1n) is 10.6. The smallest absolute Gasteiger partial charge is 0.407 e. The molecule has 2 aromatic carbocycles. The molecule has 2 atom stereocenters. The number of nitrogens with zero attached hydrogens (tertiary/aromatic N) is 3. The van der Waals surface area contributed by atoms with Gasteiger partial charge in [0.15, 0.2) is 0 Å². The highest BCUT2D eigenvalue weighted by Crippen LogP contribution is 2.42. The Labute approximate surface area is 203 Å². The first-order valence-corrected chi connectivity index (χ1v) is 11.4. The Morgan fingerprint density at radius 3 is 2.69 bits per heavy atom. The van der Waals surface area contributed by atoms with Crippen LogP contribution >= 0.6 is 11.5 Å². The topological polar surface area (TPSA) is 93.4 Å². The standard InChI is InChI=1S/C23H23F4N5O2S/c1-13-3-5-15(10-16(13)24)22(20-29-12-30-35-20)7-8-32(11-22)21(33)31-17-9-14(4-6-18(17)34-2)19(28)23(25,26)27/h3-6,9-10,12,19H,7-8,11,28H2,1-2H3,(H,31,33)/t19?,22-/m0/s1. The van der Waals surface area contributed by atoms with E-state index in [1.54, 1.807) is 13.0 Å². The molecule has 12 heteroatoms. The third kappa shape index (κ3) is 4.80. The van der Waals surface area contributed by atoms with Gasteiger partial charge in [0.05, 0.1) is 18.2 Å². The molecule has 186 valence electrons. The number of benzene rings is 2. The minimum Gasteiger partial charge on any atom is -0.495 e. The number of aryl methyl sites for hydroxylation is 1. The van der Waals surface area contributed by atoms with Crippen molar-refractivity contribution in [1.82, 2.24) is 14.3 Å².